The van der Waals surface area contributed by atoms with Gasteiger partial charge >= 0.3 is 0 Å². The van der Waals surface area contributed by atoms with E-state index in [1.165, 1.54) is 4.90 Å². The molecule has 1 aliphatic rings. The van der Waals surface area contributed by atoms with Crippen molar-refractivity contribution >= 4 is 17.4 Å². The largest absolute Gasteiger partial charge is 0.507 e. The maximum Gasteiger partial charge on any atom is 0.295 e. The molecule has 7 nitrogen and oxygen atoms in total. The Morgan fingerprint density at radius 2 is 1.54 bits per heavy atom. The Kier molecular flexibility index (Phi) is 8.59. The van der Waals surface area contributed by atoms with Gasteiger partial charge in [-0.2, -0.15) is 0 Å². The topological polar surface area (TPSA) is 85.3 Å². The summed E-state index contributed by atoms with van der Waals surface area (Å²) in [5.74, 6) is 0.928. The Morgan fingerprint density at radius 1 is 0.923 bits per heavy atom. The van der Waals surface area contributed by atoms with Crippen molar-refractivity contribution in [3.05, 3.63) is 94.6 Å². The number of hydrogen-bond donors (Lipinski definition) is 1. The zero-order valence-corrected chi connectivity index (χ0v) is 23.1. The van der Waals surface area contributed by atoms with Gasteiger partial charge in [-0.15, -0.1) is 0 Å². The minimum Gasteiger partial charge on any atom is -0.507 e. The van der Waals surface area contributed by atoms with Crippen molar-refractivity contribution in [2.45, 2.75) is 33.2 Å². The number of hydrogen-bond acceptors (Lipinski definition) is 6. The van der Waals surface area contributed by atoms with Gasteiger partial charge in [0.05, 0.1) is 32.4 Å². The molecule has 3 aromatic carbocycles. The molecule has 0 saturated carbocycles. The Labute approximate surface area is 229 Å². The minimum atomic E-state index is -0.744. The van der Waals surface area contributed by atoms with Gasteiger partial charge in [-0.25, -0.2) is 0 Å². The number of ketones is 1. The number of aliphatic hydroxyl groups excluding tert-OH is 1. The van der Waals surface area contributed by atoms with E-state index in [2.05, 4.69) is 13.8 Å². The molecule has 0 bridgehead atoms. The number of aliphatic hydroxyl groups is 1. The smallest absolute Gasteiger partial charge is 0.295 e. The van der Waals surface area contributed by atoms with Crippen LogP contribution >= 0.6 is 0 Å². The van der Waals surface area contributed by atoms with Gasteiger partial charge in [0.25, 0.3) is 11.7 Å². The molecule has 1 N–H and O–H groups in total. The zero-order chi connectivity index (χ0) is 28.1. The van der Waals surface area contributed by atoms with Crippen LogP contribution in [0.1, 0.15) is 42.1 Å². The summed E-state index contributed by atoms with van der Waals surface area (Å²) in [6.45, 7) is 6.90. The lowest BCUT2D eigenvalue weighted by Gasteiger charge is -2.25. The van der Waals surface area contributed by atoms with Crippen LogP contribution in [0.3, 0.4) is 0 Å². The van der Waals surface area contributed by atoms with Crippen LogP contribution in [-0.2, 0) is 16.0 Å². The number of nitrogens with zero attached hydrogens (tertiary/aromatic N) is 1. The highest BCUT2D eigenvalue weighted by molar-refractivity contribution is 6.46. The van der Waals surface area contributed by atoms with E-state index in [1.54, 1.807) is 44.6 Å². The number of carbonyl (C=O) groups excluding carboxylic acids is 2. The molecule has 1 atom stereocenters. The van der Waals surface area contributed by atoms with Crippen molar-refractivity contribution in [1.82, 2.24) is 4.90 Å². The fraction of sp³-hybridized carbons (Fsp3) is 0.312. The number of ether oxygens (including phenoxy) is 3. The number of aryl methyl sites for hydroxylation is 1. The summed E-state index contributed by atoms with van der Waals surface area (Å²) >= 11 is 0. The molecule has 1 heterocycles. The molecular weight excluding hydrogens is 494 g/mol. The van der Waals surface area contributed by atoms with E-state index >= 15 is 0 Å². The third kappa shape index (κ3) is 6.08. The molecule has 1 unspecified atom stereocenters. The van der Waals surface area contributed by atoms with Gasteiger partial charge in [0, 0.05) is 12.1 Å². The molecule has 0 aromatic heterocycles. The number of benzene rings is 3. The van der Waals surface area contributed by atoms with Crippen molar-refractivity contribution < 1.29 is 28.9 Å². The number of carbonyl (C=O) groups is 2. The summed E-state index contributed by atoms with van der Waals surface area (Å²) in [4.78, 5) is 28.2. The highest BCUT2D eigenvalue weighted by Gasteiger charge is 2.45. The fourth-order valence-corrected chi connectivity index (χ4v) is 4.66. The standard InChI is InChI=1S/C32H35NO6/c1-20(2)19-39-27-15-10-24(18-21(27)3)30(34)28-29(23-8-13-26(38-5)14-9-23)33(32(36)31(28)35)17-16-22-6-11-25(37-4)12-7-22/h6-15,18,20,29,34H,16-17,19H2,1-5H3/b30-28-. The molecule has 39 heavy (non-hydrogen) atoms. The number of Topliss-reactive ketones (excluding diaryl/α,β-unsaturated/α-hetero) is 1. The van der Waals surface area contributed by atoms with Crippen LogP contribution in [0, 0.1) is 12.8 Å². The highest BCUT2D eigenvalue weighted by Crippen LogP contribution is 2.40. The molecule has 0 spiro atoms. The van der Waals surface area contributed by atoms with Gasteiger partial charge in [-0.05, 0) is 78.4 Å². The number of amides is 1. The van der Waals surface area contributed by atoms with Crippen LogP contribution in [0.2, 0.25) is 0 Å². The molecule has 7 heteroatoms. The Balaban J connectivity index is 1.72. The summed E-state index contributed by atoms with van der Waals surface area (Å²) in [6, 6.07) is 19.3. The van der Waals surface area contributed by atoms with Crippen LogP contribution in [0.4, 0.5) is 0 Å². The van der Waals surface area contributed by atoms with Gasteiger partial charge in [0.2, 0.25) is 0 Å². The van der Waals surface area contributed by atoms with Gasteiger partial charge in [-0.1, -0.05) is 38.1 Å². The van der Waals surface area contributed by atoms with Crippen molar-refractivity contribution in [2.24, 2.45) is 5.92 Å². The van der Waals surface area contributed by atoms with E-state index in [-0.39, 0.29) is 11.3 Å². The number of likely N-dealkylation sites (tertiary alicyclic amines) is 1. The lowest BCUT2D eigenvalue weighted by Crippen LogP contribution is -2.31. The molecule has 1 aliphatic heterocycles. The van der Waals surface area contributed by atoms with Crippen molar-refractivity contribution in [3.63, 3.8) is 0 Å². The third-order valence-electron chi connectivity index (χ3n) is 6.79. The fourth-order valence-electron chi connectivity index (χ4n) is 4.66. The van der Waals surface area contributed by atoms with Crippen LogP contribution < -0.4 is 14.2 Å². The van der Waals surface area contributed by atoms with Crippen molar-refractivity contribution in [3.8, 4) is 17.2 Å². The molecule has 1 amide bonds. The molecule has 1 saturated heterocycles. The first-order valence-corrected chi connectivity index (χ1v) is 13.0. The van der Waals surface area contributed by atoms with Gasteiger partial charge in [0.1, 0.15) is 23.0 Å². The molecule has 0 radical (unpaired) electrons. The van der Waals surface area contributed by atoms with Crippen LogP contribution in [0.5, 0.6) is 17.2 Å². The molecular formula is C32H35NO6. The lowest BCUT2D eigenvalue weighted by molar-refractivity contribution is -0.139. The van der Waals surface area contributed by atoms with Crippen LogP contribution in [0.25, 0.3) is 5.76 Å². The Bertz CT molecular complexity index is 1360. The summed E-state index contributed by atoms with van der Waals surface area (Å²) in [5, 5.41) is 11.4. The van der Waals surface area contributed by atoms with Gasteiger partial charge < -0.3 is 24.2 Å². The minimum absolute atomic E-state index is 0.0650. The van der Waals surface area contributed by atoms with E-state index in [0.717, 1.165) is 16.9 Å². The average Bonchev–Trinajstić information content (AvgIpc) is 3.20. The second kappa shape index (κ2) is 12.1. The first-order valence-electron chi connectivity index (χ1n) is 13.0. The maximum absolute atomic E-state index is 13.4. The Morgan fingerprint density at radius 3 is 2.10 bits per heavy atom. The van der Waals surface area contributed by atoms with Crippen LogP contribution in [0.15, 0.2) is 72.3 Å². The van der Waals surface area contributed by atoms with Crippen molar-refractivity contribution in [1.29, 1.82) is 0 Å². The number of rotatable bonds is 10. The summed E-state index contributed by atoms with van der Waals surface area (Å²) in [5.41, 5.74) is 3.05. The first kappa shape index (κ1) is 27.8. The highest BCUT2D eigenvalue weighted by atomic mass is 16.5. The summed E-state index contributed by atoms with van der Waals surface area (Å²) < 4.78 is 16.4. The van der Waals surface area contributed by atoms with E-state index in [1.807, 2.05) is 43.3 Å². The molecule has 204 valence electrons. The lowest BCUT2D eigenvalue weighted by atomic mass is 9.94. The monoisotopic (exact) mass is 529 g/mol. The first-order chi connectivity index (χ1) is 18.7. The molecule has 1 fully saturated rings. The molecule has 4 rings (SSSR count). The predicted octanol–water partition coefficient (Wildman–Crippen LogP) is 5.71. The zero-order valence-electron chi connectivity index (χ0n) is 23.1. The van der Waals surface area contributed by atoms with Crippen LogP contribution in [-0.4, -0.2) is 49.1 Å². The summed E-state index contributed by atoms with van der Waals surface area (Å²) in [6.07, 6.45) is 0.532. The normalized spacial score (nSPS) is 16.6. The molecule has 3 aromatic rings. The van der Waals surface area contributed by atoms with E-state index in [9.17, 15) is 14.7 Å². The van der Waals surface area contributed by atoms with E-state index in [4.69, 9.17) is 14.2 Å². The van der Waals surface area contributed by atoms with Crippen molar-refractivity contribution in [2.75, 3.05) is 27.4 Å². The SMILES string of the molecule is COc1ccc(CCN2C(=O)C(=O)/C(=C(\O)c3ccc(OCC(C)C)c(C)c3)C2c2ccc(OC)cc2)cc1. The molecule has 0 aliphatic carbocycles. The Hall–Kier alpha value is -4.26. The number of methoxy groups -OCH3 is 2. The quantitative estimate of drug-likeness (QED) is 0.206. The maximum atomic E-state index is 13.4. The second-order valence-corrected chi connectivity index (χ2v) is 10.0. The third-order valence-corrected chi connectivity index (χ3v) is 6.79. The summed E-state index contributed by atoms with van der Waals surface area (Å²) in [7, 11) is 3.18. The second-order valence-electron chi connectivity index (χ2n) is 10.0. The van der Waals surface area contributed by atoms with Gasteiger partial charge in [-0.3, -0.25) is 9.59 Å². The van der Waals surface area contributed by atoms with E-state index < -0.39 is 17.7 Å². The predicted molar refractivity (Wildman–Crippen MR) is 150 cm³/mol. The average molecular weight is 530 g/mol. The van der Waals surface area contributed by atoms with E-state index in [0.29, 0.717) is 48.1 Å². The van der Waals surface area contributed by atoms with Gasteiger partial charge in [0.15, 0.2) is 0 Å².